The summed E-state index contributed by atoms with van der Waals surface area (Å²) in [7, 11) is 2.74. The lowest BCUT2D eigenvalue weighted by molar-refractivity contribution is -0.164. The number of aryl methyl sites for hydroxylation is 7. The van der Waals surface area contributed by atoms with E-state index < -0.39 is 53.0 Å². The number of nitriles is 2. The average molecular weight is 1490 g/mol. The Morgan fingerprint density at radius 3 is 1.09 bits per heavy atom. The van der Waals surface area contributed by atoms with E-state index in [1.54, 1.807) is 12.1 Å². The highest BCUT2D eigenvalue weighted by Gasteiger charge is 2.46. The van der Waals surface area contributed by atoms with Gasteiger partial charge in [0.15, 0.2) is 18.3 Å². The van der Waals surface area contributed by atoms with Gasteiger partial charge in [0, 0.05) is 112 Å². The van der Waals surface area contributed by atoms with Gasteiger partial charge in [-0.25, -0.2) is 29.3 Å². The minimum absolute atomic E-state index is 0. The number of carboxylic acids is 1. The van der Waals surface area contributed by atoms with Crippen molar-refractivity contribution in [3.05, 3.63) is 155 Å². The summed E-state index contributed by atoms with van der Waals surface area (Å²) in [5.74, 6) is -2.00. The highest BCUT2D eigenvalue weighted by Crippen LogP contribution is 2.51. The van der Waals surface area contributed by atoms with Crippen LogP contribution in [0.3, 0.4) is 0 Å². The molecule has 6 heterocycles. The van der Waals surface area contributed by atoms with Crippen molar-refractivity contribution in [2.75, 3.05) is 14.2 Å². The minimum atomic E-state index is -1.19. The summed E-state index contributed by atoms with van der Waals surface area (Å²) in [5.41, 5.74) is 15.3. The Morgan fingerprint density at radius 1 is 0.505 bits per heavy atom. The number of esters is 2. The van der Waals surface area contributed by atoms with E-state index in [0.717, 1.165) is 126 Å². The molecule has 0 spiro atoms. The van der Waals surface area contributed by atoms with Crippen molar-refractivity contribution >= 4 is 126 Å². The molecule has 540 valence electrons. The molecule has 2 aliphatic carbocycles. The van der Waals surface area contributed by atoms with Crippen LogP contribution in [0, 0.1) is 95.8 Å². The monoisotopic (exact) mass is 1490 g/mol. The Bertz CT molecular complexity index is 4680. The normalized spacial score (nSPS) is 14.5. The van der Waals surface area contributed by atoms with Crippen LogP contribution in [0.2, 0.25) is 15.1 Å². The van der Waals surface area contributed by atoms with Gasteiger partial charge in [0.05, 0.1) is 54.0 Å². The summed E-state index contributed by atoms with van der Waals surface area (Å²) in [6, 6.07) is 27.6. The maximum Gasteiger partial charge on any atom is 0.339 e. The number of H-pyrrole nitrogens is 1. The van der Waals surface area contributed by atoms with Gasteiger partial charge in [0.1, 0.15) is 16.9 Å². The second-order valence-corrected chi connectivity index (χ2v) is 30.4. The fourth-order valence-electron chi connectivity index (χ4n) is 12.8. The fourth-order valence-corrected chi connectivity index (χ4v) is 13.2. The summed E-state index contributed by atoms with van der Waals surface area (Å²) in [4.78, 5) is 56.4. The number of ether oxygens (including phenoxy) is 5. The van der Waals surface area contributed by atoms with Crippen molar-refractivity contribution in [3.8, 4) is 45.5 Å². The van der Waals surface area contributed by atoms with Crippen LogP contribution in [0.1, 0.15) is 174 Å². The number of benzene rings is 3. The Labute approximate surface area is 629 Å². The zero-order valence-electron chi connectivity index (χ0n) is 61.4. The molecule has 101 heavy (non-hydrogen) atoms. The lowest BCUT2D eigenvalue weighted by Gasteiger charge is -2.29. The molecule has 2 saturated carbocycles. The van der Waals surface area contributed by atoms with Crippen LogP contribution >= 0.6 is 75.3 Å². The van der Waals surface area contributed by atoms with E-state index in [1.165, 1.54) is 14.2 Å². The zero-order valence-corrected chi connectivity index (χ0v) is 66.6. The van der Waals surface area contributed by atoms with E-state index in [1.807, 2.05) is 171 Å². The molecular formula is C78H95Cl3N8O9S3. The zero-order chi connectivity index (χ0) is 72.2. The molecule has 17 nitrogen and oxygen atoms in total. The number of hydrogen-bond acceptors (Lipinski definition) is 13. The van der Waals surface area contributed by atoms with Crippen molar-refractivity contribution in [2.45, 2.75) is 199 Å². The first-order valence-electron chi connectivity index (χ1n) is 32.8. The van der Waals surface area contributed by atoms with E-state index in [4.69, 9.17) is 73.4 Å². The van der Waals surface area contributed by atoms with Crippen LogP contribution in [0.15, 0.2) is 72.8 Å². The summed E-state index contributed by atoms with van der Waals surface area (Å²) < 4.78 is 33.1. The molecule has 23 heteroatoms. The topological polar surface area (TPSA) is 229 Å². The van der Waals surface area contributed by atoms with Crippen LogP contribution in [0.4, 0.5) is 0 Å². The van der Waals surface area contributed by atoms with Gasteiger partial charge in [-0.2, -0.15) is 51.0 Å². The number of fused-ring (bicyclic) bond motifs is 3. The molecule has 2 N–H and O–H groups in total. The van der Waals surface area contributed by atoms with Crippen molar-refractivity contribution in [3.63, 3.8) is 0 Å². The number of aliphatic carboxylic acids is 1. The number of nitrogens with zero attached hydrogens (tertiary/aromatic N) is 7. The summed E-state index contributed by atoms with van der Waals surface area (Å²) >= 11 is 18.5. The second-order valence-electron chi connectivity index (χ2n) is 29.1. The smallest absolute Gasteiger partial charge is 0.339 e. The number of carbonyl (C=O) groups is 3. The Morgan fingerprint density at radius 2 is 0.802 bits per heavy atom. The first-order valence-corrected chi connectivity index (χ1v) is 34.0. The quantitative estimate of drug-likeness (QED) is 0.0858. The van der Waals surface area contributed by atoms with Gasteiger partial charge in [-0.1, -0.05) is 71.2 Å². The van der Waals surface area contributed by atoms with Crippen LogP contribution in [0.5, 0.6) is 0 Å². The van der Waals surface area contributed by atoms with Gasteiger partial charge in [0.25, 0.3) is 0 Å². The minimum Gasteiger partial charge on any atom is -0.479 e. The average Bonchev–Trinajstić information content (AvgIpc) is 1.62. The number of methoxy groups -OCH3 is 2. The fraction of sp³-hybridized carbons (Fsp3) is 0.436. The first-order chi connectivity index (χ1) is 45.8. The summed E-state index contributed by atoms with van der Waals surface area (Å²) in [6.07, 6.45) is 0.488. The largest absolute Gasteiger partial charge is 0.479 e. The number of nitrogens with one attached hydrogen (secondary N) is 1. The predicted octanol–water partition coefficient (Wildman–Crippen LogP) is 19.3. The third kappa shape index (κ3) is 17.8. The van der Waals surface area contributed by atoms with E-state index in [2.05, 4.69) is 40.1 Å². The molecule has 9 aromatic rings. The van der Waals surface area contributed by atoms with Crippen molar-refractivity contribution in [1.82, 2.24) is 29.1 Å². The molecule has 3 aromatic carbocycles. The number of rotatable bonds is 16. The Hall–Kier alpha value is -7.08. The van der Waals surface area contributed by atoms with E-state index in [-0.39, 0.29) is 51.3 Å². The number of pyridine rings is 3. The highest BCUT2D eigenvalue weighted by molar-refractivity contribution is 7.59. The van der Waals surface area contributed by atoms with Gasteiger partial charge >= 0.3 is 17.9 Å². The lowest BCUT2D eigenvalue weighted by Crippen LogP contribution is -2.29. The number of carboxylic acid groups (broad SMARTS) is 1. The van der Waals surface area contributed by atoms with Crippen LogP contribution < -0.4 is 0 Å². The van der Waals surface area contributed by atoms with Crippen molar-refractivity contribution < 1.29 is 43.2 Å². The molecule has 0 saturated heterocycles. The molecule has 0 aliphatic heterocycles. The van der Waals surface area contributed by atoms with Crippen LogP contribution in [-0.4, -0.2) is 83.1 Å². The van der Waals surface area contributed by atoms with Gasteiger partial charge < -0.3 is 42.9 Å². The van der Waals surface area contributed by atoms with Crippen LogP contribution in [-0.2, 0) is 51.2 Å². The molecule has 11 rings (SSSR count). The first kappa shape index (κ1) is 82.9. The Balaban J connectivity index is 0.000000236. The maximum absolute atomic E-state index is 13.1. The Kier molecular flexibility index (Phi) is 26.2. The van der Waals surface area contributed by atoms with Gasteiger partial charge in [0.2, 0.25) is 0 Å². The SMILES string of the molecule is COC(=O)[C@@H](OC(C)(C)C)c1c(C)nc2[nH]c(C)c(C)c2c1-c1ccc(Cl)cc1.COC(=O)[C@@H](OC(C)(C)C)c1c(C)nc2c(c(C)c(C)n2CC2(C#N)CC2)c1-c1ccc(Cl)cc1.Cc1nc2c(c(C)c(C)n2CC2(C#N)CC2)c(-c2ccc(Cl)cc2)c1[C@H](OC(C)(C)C)C(=O)O.S.S.S. The molecule has 2 fully saturated rings. The number of hydrogen-bond donors (Lipinski definition) is 2. The molecule has 0 bridgehead atoms. The molecule has 3 atom stereocenters. The van der Waals surface area contributed by atoms with Crippen molar-refractivity contribution in [2.24, 2.45) is 10.8 Å². The number of aromatic nitrogens is 6. The molecule has 0 amide bonds. The number of halogens is 3. The second kappa shape index (κ2) is 31.9. The molecule has 0 radical (unpaired) electrons. The molecule has 2 aliphatic rings. The van der Waals surface area contributed by atoms with Crippen molar-refractivity contribution in [1.29, 1.82) is 10.5 Å². The summed E-state index contributed by atoms with van der Waals surface area (Å²) in [6.45, 7) is 36.1. The van der Waals surface area contributed by atoms with E-state index >= 15 is 0 Å². The third-order valence-corrected chi connectivity index (χ3v) is 19.2. The summed E-state index contributed by atoms with van der Waals surface area (Å²) in [5, 5.41) is 34.3. The highest BCUT2D eigenvalue weighted by atomic mass is 35.5. The van der Waals surface area contributed by atoms with E-state index in [9.17, 15) is 30.0 Å². The standard InChI is InChI=1S/C28H32ClN3O3.C27H30ClN3O3.C23H27ClN2O3.3H2S/c1-16-18(3)32(15-28(14-30)12-13-28)25-21(16)23(19-8-10-20(29)11-9-19)22(17(2)31-25)24(26(33)34-7)35-27(4,5)6;1-15-17(3)31(14-27(13-29)11-12-27)24-20(15)22(18-7-9-19(28)10-8-18)21(16(2)30-24)23(25(32)33)34-26(4,5)6;1-12-13(2)25-21-17(12)19(15-8-10-16(24)11-9-15)18(14(3)26-21)20(22(27)28-7)29-23(4,5)6;;;/h8-11,24H,12-13,15H2,1-7H3;7-10,23H,11-12,14H2,1-6H3,(H,32,33);8-11,20H,1-7H3,(H,25,26);3*1H2/t24-;23-;20-;;;/m000.../s1. The molecular weight excluding hydrogens is 1400 g/mol. The van der Waals surface area contributed by atoms with Gasteiger partial charge in [-0.15, -0.1) is 0 Å². The van der Waals surface area contributed by atoms with Gasteiger partial charge in [-0.05, 0) is 220 Å². The maximum atomic E-state index is 13.1. The molecule has 0 unspecified atom stereocenters. The lowest BCUT2D eigenvalue weighted by atomic mass is 9.91. The van der Waals surface area contributed by atoms with Gasteiger partial charge in [-0.3, -0.25) is 0 Å². The third-order valence-electron chi connectivity index (χ3n) is 18.4. The van der Waals surface area contributed by atoms with E-state index in [0.29, 0.717) is 61.9 Å². The number of carbonyl (C=O) groups excluding carboxylic acids is 2. The predicted molar refractivity (Wildman–Crippen MR) is 418 cm³/mol. The number of aromatic amines is 1. The van der Waals surface area contributed by atoms with Crippen LogP contribution in [0.25, 0.3) is 66.5 Å². The molecule has 6 aromatic heterocycles.